The maximum absolute atomic E-state index is 5.98. The van der Waals surface area contributed by atoms with E-state index in [9.17, 15) is 0 Å². The Morgan fingerprint density at radius 1 is 0.750 bits per heavy atom. The quantitative estimate of drug-likeness (QED) is 0.381. The van der Waals surface area contributed by atoms with Crippen LogP contribution in [0.5, 0.6) is 0 Å². The van der Waals surface area contributed by atoms with Crippen molar-refractivity contribution in [2.45, 2.75) is 77.4 Å². The summed E-state index contributed by atoms with van der Waals surface area (Å²) >= 11 is 0. The SMILES string of the molecule is C=NO[Si](C(C)(C)C)(C(C)(C)C)C(C)(C)C. The van der Waals surface area contributed by atoms with Gasteiger partial charge in [0, 0.05) is 6.72 Å². The Balaban J connectivity index is 5.92. The molecule has 16 heavy (non-hydrogen) atoms. The number of rotatable bonds is 2. The number of nitrogens with zero attached hydrogens (tertiary/aromatic N) is 1. The summed E-state index contributed by atoms with van der Waals surface area (Å²) in [6.07, 6.45) is 0. The molecule has 3 heteroatoms. The summed E-state index contributed by atoms with van der Waals surface area (Å²) in [5.41, 5.74) is 0. The van der Waals surface area contributed by atoms with Gasteiger partial charge in [-0.3, -0.25) is 0 Å². The summed E-state index contributed by atoms with van der Waals surface area (Å²) in [5, 5.41) is 4.17. The molecule has 0 rings (SSSR count). The van der Waals surface area contributed by atoms with Crippen molar-refractivity contribution in [3.63, 3.8) is 0 Å². The second-order valence-corrected chi connectivity index (χ2v) is 13.7. The van der Waals surface area contributed by atoms with Crippen molar-refractivity contribution >= 4 is 15.0 Å². The van der Waals surface area contributed by atoms with Crippen LogP contribution in [-0.2, 0) is 4.53 Å². The topological polar surface area (TPSA) is 21.6 Å². The zero-order chi connectivity index (χ0) is 13.4. The van der Waals surface area contributed by atoms with Crippen molar-refractivity contribution in [2.75, 3.05) is 0 Å². The molecule has 0 aromatic rings. The van der Waals surface area contributed by atoms with Crippen LogP contribution in [0.15, 0.2) is 5.16 Å². The van der Waals surface area contributed by atoms with E-state index in [-0.39, 0.29) is 15.1 Å². The number of hydrogen-bond acceptors (Lipinski definition) is 2. The molecular weight excluding hydrogens is 214 g/mol. The van der Waals surface area contributed by atoms with Gasteiger partial charge in [0.15, 0.2) is 0 Å². The van der Waals surface area contributed by atoms with E-state index >= 15 is 0 Å². The molecule has 0 atom stereocenters. The van der Waals surface area contributed by atoms with Gasteiger partial charge in [0.05, 0.1) is 0 Å². The zero-order valence-electron chi connectivity index (χ0n) is 12.6. The minimum Gasteiger partial charge on any atom is -0.454 e. The lowest BCUT2D eigenvalue weighted by molar-refractivity contribution is 0.249. The lowest BCUT2D eigenvalue weighted by atomic mass is 10.2. The molecule has 0 spiro atoms. The third-order valence-corrected chi connectivity index (χ3v) is 10.1. The lowest BCUT2D eigenvalue weighted by Gasteiger charge is -2.55. The second kappa shape index (κ2) is 4.17. The number of hydrogen-bond donors (Lipinski definition) is 0. The summed E-state index contributed by atoms with van der Waals surface area (Å²) in [6.45, 7) is 23.9. The third kappa shape index (κ3) is 2.34. The van der Waals surface area contributed by atoms with Gasteiger partial charge in [-0.25, -0.2) is 0 Å². The number of oxime groups is 1. The molecule has 0 saturated carbocycles. The Labute approximate surface area is 103 Å². The van der Waals surface area contributed by atoms with Crippen LogP contribution in [0.3, 0.4) is 0 Å². The van der Waals surface area contributed by atoms with Crippen molar-refractivity contribution in [2.24, 2.45) is 5.16 Å². The predicted octanol–water partition coefficient (Wildman–Crippen LogP) is 4.96. The molecule has 2 nitrogen and oxygen atoms in total. The van der Waals surface area contributed by atoms with Gasteiger partial charge in [-0.15, -0.1) is 5.16 Å². The first-order valence-corrected chi connectivity index (χ1v) is 7.86. The van der Waals surface area contributed by atoms with E-state index in [1.807, 2.05) is 0 Å². The normalized spacial score (nSPS) is 14.8. The first-order chi connectivity index (χ1) is 6.81. The van der Waals surface area contributed by atoms with Crippen LogP contribution in [0.4, 0.5) is 0 Å². The van der Waals surface area contributed by atoms with Gasteiger partial charge >= 0.3 is 8.32 Å². The summed E-state index contributed by atoms with van der Waals surface area (Å²) in [5.74, 6) is 0. The lowest BCUT2D eigenvalue weighted by Crippen LogP contribution is -2.59. The maximum atomic E-state index is 5.98. The van der Waals surface area contributed by atoms with Crippen molar-refractivity contribution in [3.8, 4) is 0 Å². The van der Waals surface area contributed by atoms with Crippen molar-refractivity contribution < 1.29 is 4.53 Å². The van der Waals surface area contributed by atoms with E-state index < -0.39 is 8.32 Å². The van der Waals surface area contributed by atoms with E-state index in [4.69, 9.17) is 4.53 Å². The van der Waals surface area contributed by atoms with Crippen LogP contribution < -0.4 is 0 Å². The van der Waals surface area contributed by atoms with E-state index in [1.54, 1.807) is 0 Å². The summed E-state index contributed by atoms with van der Waals surface area (Å²) in [4.78, 5) is 0. The fraction of sp³-hybridized carbons (Fsp3) is 0.923. The predicted molar refractivity (Wildman–Crippen MR) is 75.5 cm³/mol. The smallest absolute Gasteiger partial charge is 0.303 e. The van der Waals surface area contributed by atoms with E-state index in [0.717, 1.165) is 0 Å². The highest BCUT2D eigenvalue weighted by Gasteiger charge is 2.64. The van der Waals surface area contributed by atoms with Gasteiger partial charge in [-0.2, -0.15) is 0 Å². The molecule has 0 aromatic carbocycles. The molecule has 0 fully saturated rings. The molecule has 0 aromatic heterocycles. The molecule has 0 heterocycles. The van der Waals surface area contributed by atoms with Crippen LogP contribution in [-0.4, -0.2) is 15.0 Å². The fourth-order valence-electron chi connectivity index (χ4n) is 3.88. The highest BCUT2D eigenvalue weighted by atomic mass is 28.4. The van der Waals surface area contributed by atoms with Crippen LogP contribution >= 0.6 is 0 Å². The van der Waals surface area contributed by atoms with Gasteiger partial charge in [0.1, 0.15) is 0 Å². The average molecular weight is 243 g/mol. The Hall–Kier alpha value is -0.313. The van der Waals surface area contributed by atoms with Gasteiger partial charge in [-0.05, 0) is 15.1 Å². The standard InChI is InChI=1S/C13H29NOSi/c1-11(2,3)16(15-14-10,12(4,5)6)13(7,8)9/h10H2,1-9H3. The molecule has 0 aliphatic rings. The second-order valence-electron chi connectivity index (χ2n) is 7.65. The maximum Gasteiger partial charge on any atom is 0.303 e. The van der Waals surface area contributed by atoms with E-state index in [1.165, 1.54) is 0 Å². The van der Waals surface area contributed by atoms with E-state index in [0.29, 0.717) is 0 Å². The largest absolute Gasteiger partial charge is 0.454 e. The monoisotopic (exact) mass is 243 g/mol. The van der Waals surface area contributed by atoms with Crippen LogP contribution in [0.1, 0.15) is 62.3 Å². The van der Waals surface area contributed by atoms with E-state index in [2.05, 4.69) is 74.2 Å². The van der Waals surface area contributed by atoms with Crippen LogP contribution in [0.2, 0.25) is 15.1 Å². The Morgan fingerprint density at radius 3 is 1.06 bits per heavy atom. The van der Waals surface area contributed by atoms with Gasteiger partial charge < -0.3 is 4.53 Å². The molecule has 0 unspecified atom stereocenters. The van der Waals surface area contributed by atoms with Crippen molar-refractivity contribution in [1.82, 2.24) is 0 Å². The molecule has 0 radical (unpaired) electrons. The molecular formula is C13H29NOSi. The Bertz CT molecular complexity index is 217. The van der Waals surface area contributed by atoms with Gasteiger partial charge in [-0.1, -0.05) is 62.3 Å². The summed E-state index contributed by atoms with van der Waals surface area (Å²) < 4.78 is 5.98. The van der Waals surface area contributed by atoms with Gasteiger partial charge in [0.2, 0.25) is 0 Å². The zero-order valence-corrected chi connectivity index (χ0v) is 13.6. The molecule has 0 saturated heterocycles. The van der Waals surface area contributed by atoms with Crippen LogP contribution in [0, 0.1) is 0 Å². The van der Waals surface area contributed by atoms with Gasteiger partial charge in [0.25, 0.3) is 0 Å². The molecule has 0 aliphatic heterocycles. The first-order valence-electron chi connectivity index (χ1n) is 5.95. The summed E-state index contributed by atoms with van der Waals surface area (Å²) in [7, 11) is -2.13. The average Bonchev–Trinajstić information content (AvgIpc) is 1.91. The molecule has 0 amide bonds. The third-order valence-electron chi connectivity index (χ3n) is 3.37. The first kappa shape index (κ1) is 15.7. The highest BCUT2D eigenvalue weighted by molar-refractivity contribution is 6.82. The van der Waals surface area contributed by atoms with Crippen molar-refractivity contribution in [1.29, 1.82) is 0 Å². The highest BCUT2D eigenvalue weighted by Crippen LogP contribution is 2.62. The van der Waals surface area contributed by atoms with Crippen molar-refractivity contribution in [3.05, 3.63) is 0 Å². The summed E-state index contributed by atoms with van der Waals surface area (Å²) in [6, 6.07) is 0. The molecule has 0 aliphatic carbocycles. The minimum atomic E-state index is -2.13. The Morgan fingerprint density at radius 2 is 1.00 bits per heavy atom. The molecule has 0 N–H and O–H groups in total. The van der Waals surface area contributed by atoms with Crippen LogP contribution in [0.25, 0.3) is 0 Å². The Kier molecular flexibility index (Phi) is 4.09. The minimum absolute atomic E-state index is 0.116. The fourth-order valence-corrected chi connectivity index (χ4v) is 11.6. The molecule has 0 bridgehead atoms. The molecule has 96 valence electrons.